The van der Waals surface area contributed by atoms with Crippen molar-refractivity contribution >= 4 is 57.3 Å². The second-order valence-corrected chi connectivity index (χ2v) is 10.6. The van der Waals surface area contributed by atoms with Gasteiger partial charge in [-0.2, -0.15) is 0 Å². The van der Waals surface area contributed by atoms with Gasteiger partial charge in [0.15, 0.2) is 5.13 Å². The summed E-state index contributed by atoms with van der Waals surface area (Å²) in [5, 5.41) is 8.53. The molecule has 1 atom stereocenters. The molecule has 0 aliphatic rings. The predicted molar refractivity (Wildman–Crippen MR) is 148 cm³/mol. The molecule has 0 saturated heterocycles. The molecule has 0 aliphatic carbocycles. The van der Waals surface area contributed by atoms with E-state index in [1.165, 1.54) is 23.1 Å². The third-order valence-electron chi connectivity index (χ3n) is 5.20. The average Bonchev–Trinajstić information content (AvgIpc) is 3.34. The van der Waals surface area contributed by atoms with Gasteiger partial charge in [-0.1, -0.05) is 29.8 Å². The van der Waals surface area contributed by atoms with E-state index in [-0.39, 0.29) is 23.5 Å². The second-order valence-electron chi connectivity index (χ2n) is 7.89. The zero-order chi connectivity index (χ0) is 25.5. The van der Waals surface area contributed by atoms with Crippen molar-refractivity contribution in [3.05, 3.63) is 88.8 Å². The van der Waals surface area contributed by atoms with Gasteiger partial charge in [-0.3, -0.25) is 9.59 Å². The molecule has 0 bridgehead atoms. The lowest BCUT2D eigenvalue weighted by molar-refractivity contribution is -0.116. The largest absolute Gasteiger partial charge is 0.497 e. The summed E-state index contributed by atoms with van der Waals surface area (Å²) in [5.41, 5.74) is 3.30. The minimum atomic E-state index is -0.363. The first-order valence-corrected chi connectivity index (χ1v) is 13.2. The van der Waals surface area contributed by atoms with Crippen LogP contribution in [0.1, 0.15) is 12.5 Å². The number of anilines is 2. The van der Waals surface area contributed by atoms with Gasteiger partial charge in [-0.25, -0.2) is 4.98 Å². The summed E-state index contributed by atoms with van der Waals surface area (Å²) in [6, 6.07) is 22.2. The molecule has 0 saturated carbocycles. The van der Waals surface area contributed by atoms with E-state index in [9.17, 15) is 9.59 Å². The summed E-state index contributed by atoms with van der Waals surface area (Å²) in [6.45, 7) is 1.84. The topological polar surface area (TPSA) is 80.3 Å². The van der Waals surface area contributed by atoms with E-state index in [0.717, 1.165) is 27.5 Å². The number of methoxy groups -OCH3 is 1. The van der Waals surface area contributed by atoms with Crippen molar-refractivity contribution in [3.8, 4) is 17.0 Å². The normalized spacial score (nSPS) is 11.5. The number of hydrogen-bond acceptors (Lipinski definition) is 6. The number of thiazole rings is 1. The fraction of sp³-hybridized carbons (Fsp3) is 0.148. The smallest absolute Gasteiger partial charge is 0.239 e. The van der Waals surface area contributed by atoms with Gasteiger partial charge in [0.1, 0.15) is 5.75 Å². The van der Waals surface area contributed by atoms with Crippen LogP contribution < -0.4 is 15.4 Å². The minimum absolute atomic E-state index is 0.123. The minimum Gasteiger partial charge on any atom is -0.497 e. The molecule has 1 unspecified atom stereocenters. The third kappa shape index (κ3) is 7.10. The Hall–Kier alpha value is -3.33. The molecule has 4 aromatic rings. The quantitative estimate of drug-likeness (QED) is 0.230. The van der Waals surface area contributed by atoms with Gasteiger partial charge in [-0.15, -0.1) is 23.1 Å². The first-order chi connectivity index (χ1) is 17.4. The van der Waals surface area contributed by atoms with Crippen LogP contribution in [0, 0.1) is 0 Å². The van der Waals surface area contributed by atoms with Crippen molar-refractivity contribution in [2.45, 2.75) is 23.5 Å². The summed E-state index contributed by atoms with van der Waals surface area (Å²) in [7, 11) is 1.62. The zero-order valence-electron chi connectivity index (χ0n) is 19.7. The van der Waals surface area contributed by atoms with E-state index in [2.05, 4.69) is 15.6 Å². The van der Waals surface area contributed by atoms with Crippen molar-refractivity contribution in [1.82, 2.24) is 4.98 Å². The Morgan fingerprint density at radius 1 is 1.06 bits per heavy atom. The fourth-order valence-electron chi connectivity index (χ4n) is 3.33. The van der Waals surface area contributed by atoms with Gasteiger partial charge in [0.25, 0.3) is 0 Å². The van der Waals surface area contributed by atoms with Gasteiger partial charge in [0, 0.05) is 26.5 Å². The molecular weight excluding hydrogens is 514 g/mol. The molecule has 36 heavy (non-hydrogen) atoms. The molecule has 2 amide bonds. The number of carbonyl (C=O) groups is 2. The van der Waals surface area contributed by atoms with E-state index < -0.39 is 0 Å². The molecule has 1 heterocycles. The van der Waals surface area contributed by atoms with Crippen LogP contribution in [0.2, 0.25) is 5.02 Å². The molecule has 4 rings (SSSR count). The SMILES string of the molecule is COc1ccc(-c2csc(NC(=O)C(C)Sc3cccc(NC(=O)Cc4ccc(Cl)cc4)c3)n2)cc1. The van der Waals surface area contributed by atoms with Gasteiger partial charge in [0.2, 0.25) is 11.8 Å². The van der Waals surface area contributed by atoms with Crippen molar-refractivity contribution in [2.75, 3.05) is 17.7 Å². The number of rotatable bonds is 9. The van der Waals surface area contributed by atoms with Gasteiger partial charge in [0.05, 0.1) is 24.5 Å². The van der Waals surface area contributed by atoms with Crippen LogP contribution in [-0.2, 0) is 16.0 Å². The molecule has 0 fully saturated rings. The Bertz CT molecular complexity index is 1340. The molecule has 184 valence electrons. The molecule has 3 aromatic carbocycles. The van der Waals surface area contributed by atoms with Crippen molar-refractivity contribution in [1.29, 1.82) is 0 Å². The Balaban J connectivity index is 1.32. The number of ether oxygens (including phenoxy) is 1. The average molecular weight is 538 g/mol. The number of hydrogen-bond donors (Lipinski definition) is 2. The molecular formula is C27H24ClN3O3S2. The first-order valence-electron chi connectivity index (χ1n) is 11.1. The number of thioether (sulfide) groups is 1. The molecule has 0 radical (unpaired) electrons. The monoisotopic (exact) mass is 537 g/mol. The second kappa shape index (κ2) is 12.1. The van der Waals surface area contributed by atoms with E-state index in [1.807, 2.05) is 73.0 Å². The van der Waals surface area contributed by atoms with E-state index in [1.54, 1.807) is 19.2 Å². The van der Waals surface area contributed by atoms with Crippen LogP contribution in [0.25, 0.3) is 11.3 Å². The zero-order valence-corrected chi connectivity index (χ0v) is 22.0. The summed E-state index contributed by atoms with van der Waals surface area (Å²) in [5.74, 6) is 0.507. The maximum Gasteiger partial charge on any atom is 0.239 e. The molecule has 9 heteroatoms. The highest BCUT2D eigenvalue weighted by Gasteiger charge is 2.17. The molecule has 6 nitrogen and oxygen atoms in total. The van der Waals surface area contributed by atoms with Crippen molar-refractivity contribution < 1.29 is 14.3 Å². The van der Waals surface area contributed by atoms with Crippen LogP contribution >= 0.6 is 34.7 Å². The molecule has 0 spiro atoms. The highest BCUT2D eigenvalue weighted by Crippen LogP contribution is 2.29. The number of benzene rings is 3. The van der Waals surface area contributed by atoms with Gasteiger partial charge < -0.3 is 15.4 Å². The van der Waals surface area contributed by atoms with Crippen LogP contribution in [0.4, 0.5) is 10.8 Å². The molecule has 2 N–H and O–H groups in total. The molecule has 0 aliphatic heterocycles. The van der Waals surface area contributed by atoms with Gasteiger partial charge >= 0.3 is 0 Å². The van der Waals surface area contributed by atoms with Crippen LogP contribution in [0.5, 0.6) is 5.75 Å². The number of nitrogens with zero attached hydrogens (tertiary/aromatic N) is 1. The maximum absolute atomic E-state index is 12.8. The Kier molecular flexibility index (Phi) is 8.64. The van der Waals surface area contributed by atoms with E-state index in [0.29, 0.717) is 15.8 Å². The van der Waals surface area contributed by atoms with Crippen LogP contribution in [-0.4, -0.2) is 29.2 Å². The number of aromatic nitrogens is 1. The standard InChI is InChI=1S/C27H24ClN3O3S2/c1-17(26(33)31-27-30-24(16-35-27)19-8-12-22(34-2)13-9-19)36-23-5-3-4-21(15-23)29-25(32)14-18-6-10-20(28)11-7-18/h3-13,15-17H,14H2,1-2H3,(H,29,32)(H,30,31,33). The lowest BCUT2D eigenvalue weighted by atomic mass is 10.1. The van der Waals surface area contributed by atoms with Crippen LogP contribution in [0.15, 0.2) is 83.1 Å². The lowest BCUT2D eigenvalue weighted by Gasteiger charge is -2.12. The maximum atomic E-state index is 12.8. The Morgan fingerprint density at radius 2 is 1.81 bits per heavy atom. The number of halogens is 1. The van der Waals surface area contributed by atoms with Crippen molar-refractivity contribution in [2.24, 2.45) is 0 Å². The first kappa shape index (κ1) is 25.8. The molecule has 1 aromatic heterocycles. The van der Waals surface area contributed by atoms with Crippen molar-refractivity contribution in [3.63, 3.8) is 0 Å². The fourth-order valence-corrected chi connectivity index (χ4v) is 5.11. The van der Waals surface area contributed by atoms with Crippen LogP contribution in [0.3, 0.4) is 0 Å². The Morgan fingerprint density at radius 3 is 2.53 bits per heavy atom. The third-order valence-corrected chi connectivity index (χ3v) is 7.30. The summed E-state index contributed by atoms with van der Waals surface area (Å²) >= 11 is 8.69. The van der Waals surface area contributed by atoms with E-state index >= 15 is 0 Å². The highest BCUT2D eigenvalue weighted by molar-refractivity contribution is 8.00. The predicted octanol–water partition coefficient (Wildman–Crippen LogP) is 6.77. The van der Waals surface area contributed by atoms with E-state index in [4.69, 9.17) is 16.3 Å². The van der Waals surface area contributed by atoms with Gasteiger partial charge in [-0.05, 0) is 67.1 Å². The lowest BCUT2D eigenvalue weighted by Crippen LogP contribution is -2.22. The highest BCUT2D eigenvalue weighted by atomic mass is 35.5. The summed E-state index contributed by atoms with van der Waals surface area (Å²) < 4.78 is 5.19. The number of amides is 2. The summed E-state index contributed by atoms with van der Waals surface area (Å²) in [4.78, 5) is 30.6. The number of nitrogens with one attached hydrogen (secondary N) is 2. The summed E-state index contributed by atoms with van der Waals surface area (Å²) in [6.07, 6.45) is 0.250. The number of carbonyl (C=O) groups excluding carboxylic acids is 2. The Labute approximate surface area is 223 Å².